The molecule has 0 fully saturated rings. The van der Waals surface area contributed by atoms with E-state index in [4.69, 9.17) is 10.3 Å². The highest BCUT2D eigenvalue weighted by atomic mass is 16.5. The van der Waals surface area contributed by atoms with E-state index in [-0.39, 0.29) is 5.75 Å². The predicted octanol–water partition coefficient (Wildman–Crippen LogP) is 0.583. The molecule has 3 rings (SSSR count). The fourth-order valence-electron chi connectivity index (χ4n) is 1.86. The molecule has 0 atom stereocenters. The Morgan fingerprint density at radius 3 is 2.81 bits per heavy atom. The van der Waals surface area contributed by atoms with Gasteiger partial charge < -0.3 is 15.4 Å². The lowest BCUT2D eigenvalue weighted by Crippen LogP contribution is -2.10. The van der Waals surface area contributed by atoms with E-state index in [0.717, 1.165) is 5.56 Å². The summed E-state index contributed by atoms with van der Waals surface area (Å²) in [4.78, 5) is 4.28. The van der Waals surface area contributed by atoms with Gasteiger partial charge in [0.05, 0.1) is 12.7 Å². The summed E-state index contributed by atoms with van der Waals surface area (Å²) in [6.45, 7) is 1.07. The first-order valence-corrected chi connectivity index (χ1v) is 6.45. The first-order chi connectivity index (χ1) is 10.2. The summed E-state index contributed by atoms with van der Waals surface area (Å²) in [6.07, 6.45) is 2.23. The zero-order valence-electron chi connectivity index (χ0n) is 11.2. The third-order valence-corrected chi connectivity index (χ3v) is 2.88. The van der Waals surface area contributed by atoms with E-state index in [9.17, 15) is 5.11 Å². The third kappa shape index (κ3) is 3.06. The van der Waals surface area contributed by atoms with E-state index in [2.05, 4.69) is 20.5 Å². The van der Waals surface area contributed by atoms with Crippen molar-refractivity contribution in [2.24, 2.45) is 5.73 Å². The lowest BCUT2D eigenvalue weighted by Gasteiger charge is -1.96. The number of nitrogens with two attached hydrogens (primary N) is 1. The second kappa shape index (κ2) is 5.71. The smallest absolute Gasteiger partial charge is 0.280 e. The molecule has 0 bridgehead atoms. The maximum Gasteiger partial charge on any atom is 0.280 e. The molecule has 3 aromatic rings. The lowest BCUT2D eigenvalue weighted by molar-refractivity contribution is 0.422. The molecule has 0 amide bonds. The van der Waals surface area contributed by atoms with Crippen molar-refractivity contribution in [3.8, 4) is 17.3 Å². The van der Waals surface area contributed by atoms with Crippen LogP contribution in [0, 0.1) is 0 Å². The first kappa shape index (κ1) is 13.3. The van der Waals surface area contributed by atoms with Crippen molar-refractivity contribution < 1.29 is 9.63 Å². The highest BCUT2D eigenvalue weighted by Crippen LogP contribution is 2.16. The van der Waals surface area contributed by atoms with Crippen LogP contribution in [0.15, 0.2) is 35.0 Å². The molecule has 0 saturated carbocycles. The summed E-state index contributed by atoms with van der Waals surface area (Å²) in [7, 11) is 0. The van der Waals surface area contributed by atoms with E-state index in [1.807, 2.05) is 12.1 Å². The zero-order chi connectivity index (χ0) is 14.7. The summed E-state index contributed by atoms with van der Waals surface area (Å²) in [6, 6.07) is 6.86. The maximum absolute atomic E-state index is 9.25. The topological polar surface area (TPSA) is 116 Å². The zero-order valence-corrected chi connectivity index (χ0v) is 11.2. The third-order valence-electron chi connectivity index (χ3n) is 2.88. The number of aromatic nitrogens is 5. The van der Waals surface area contributed by atoms with Gasteiger partial charge in [0.2, 0.25) is 0 Å². The Bertz CT molecular complexity index is 718. The van der Waals surface area contributed by atoms with Crippen LogP contribution in [0.5, 0.6) is 5.75 Å². The highest BCUT2D eigenvalue weighted by Gasteiger charge is 2.13. The van der Waals surface area contributed by atoms with Crippen molar-refractivity contribution in [2.75, 3.05) is 6.54 Å². The van der Waals surface area contributed by atoms with E-state index in [1.165, 1.54) is 0 Å². The largest absolute Gasteiger partial charge is 0.508 e. The average molecular weight is 286 g/mol. The number of phenolic OH excluding ortho intramolecular Hbond substituents is 1. The molecule has 2 heterocycles. The number of benzene rings is 1. The minimum atomic E-state index is 0.226. The van der Waals surface area contributed by atoms with E-state index in [1.54, 1.807) is 23.0 Å². The molecule has 3 N–H and O–H groups in total. The summed E-state index contributed by atoms with van der Waals surface area (Å²) in [5.41, 5.74) is 6.95. The van der Waals surface area contributed by atoms with Gasteiger partial charge in [-0.2, -0.15) is 4.98 Å². The Kier molecular flexibility index (Phi) is 3.61. The van der Waals surface area contributed by atoms with Crippen LogP contribution in [0.25, 0.3) is 11.6 Å². The van der Waals surface area contributed by atoms with Gasteiger partial charge in [0.15, 0.2) is 11.5 Å². The lowest BCUT2D eigenvalue weighted by atomic mass is 10.1. The van der Waals surface area contributed by atoms with Crippen LogP contribution >= 0.6 is 0 Å². The van der Waals surface area contributed by atoms with Crippen LogP contribution in [-0.4, -0.2) is 36.8 Å². The molecule has 0 aliphatic carbocycles. The Balaban J connectivity index is 1.74. The molecule has 21 heavy (non-hydrogen) atoms. The molecule has 1 aromatic carbocycles. The van der Waals surface area contributed by atoms with Crippen LogP contribution in [0.2, 0.25) is 0 Å². The molecule has 8 heteroatoms. The molecular formula is C13H14N6O2. The molecule has 0 spiro atoms. The Hall–Kier alpha value is -2.74. The van der Waals surface area contributed by atoms with Gasteiger partial charge >= 0.3 is 0 Å². The molecule has 0 aliphatic rings. The van der Waals surface area contributed by atoms with E-state index < -0.39 is 0 Å². The van der Waals surface area contributed by atoms with E-state index >= 15 is 0 Å². The monoisotopic (exact) mass is 286 g/mol. The summed E-state index contributed by atoms with van der Waals surface area (Å²) in [5, 5.41) is 21.0. The van der Waals surface area contributed by atoms with Gasteiger partial charge in [0, 0.05) is 13.0 Å². The SMILES string of the molecule is NCCn1cc(-c2nc(Cc3ccc(O)cc3)no2)nn1. The summed E-state index contributed by atoms with van der Waals surface area (Å²) in [5.74, 6) is 1.10. The fraction of sp³-hybridized carbons (Fsp3) is 0.231. The minimum absolute atomic E-state index is 0.226. The minimum Gasteiger partial charge on any atom is -0.508 e. The normalized spacial score (nSPS) is 10.9. The number of hydrogen-bond donors (Lipinski definition) is 2. The van der Waals surface area contributed by atoms with Gasteiger partial charge in [-0.05, 0) is 17.7 Å². The van der Waals surface area contributed by atoms with Gasteiger partial charge in [0.1, 0.15) is 5.75 Å². The number of nitrogens with zero attached hydrogens (tertiary/aromatic N) is 5. The van der Waals surface area contributed by atoms with Crippen LogP contribution in [0.3, 0.4) is 0 Å². The molecule has 0 aliphatic heterocycles. The molecule has 108 valence electrons. The van der Waals surface area contributed by atoms with Crippen LogP contribution in [-0.2, 0) is 13.0 Å². The van der Waals surface area contributed by atoms with Crippen LogP contribution in [0.4, 0.5) is 0 Å². The summed E-state index contributed by atoms with van der Waals surface area (Å²) < 4.78 is 6.80. The van der Waals surface area contributed by atoms with Gasteiger partial charge in [-0.3, -0.25) is 4.68 Å². The van der Waals surface area contributed by atoms with Gasteiger partial charge in [-0.1, -0.05) is 22.5 Å². The average Bonchev–Trinajstić information content (AvgIpc) is 3.11. The number of hydrogen-bond acceptors (Lipinski definition) is 7. The van der Waals surface area contributed by atoms with Gasteiger partial charge in [-0.25, -0.2) is 0 Å². The van der Waals surface area contributed by atoms with Crippen LogP contribution in [0.1, 0.15) is 11.4 Å². The van der Waals surface area contributed by atoms with Crippen molar-refractivity contribution >= 4 is 0 Å². The molecule has 0 radical (unpaired) electrons. The van der Waals surface area contributed by atoms with Crippen LogP contribution < -0.4 is 5.73 Å². The quantitative estimate of drug-likeness (QED) is 0.704. The van der Waals surface area contributed by atoms with Crippen molar-refractivity contribution in [3.05, 3.63) is 41.9 Å². The van der Waals surface area contributed by atoms with Gasteiger partial charge in [0.25, 0.3) is 5.89 Å². The standard InChI is InChI=1S/C13H14N6O2/c14-5-6-19-8-11(16-18-19)13-15-12(17-21-13)7-9-1-3-10(20)4-2-9/h1-4,8,20H,5-7,14H2. The van der Waals surface area contributed by atoms with Crippen molar-refractivity contribution in [2.45, 2.75) is 13.0 Å². The molecule has 0 unspecified atom stereocenters. The Morgan fingerprint density at radius 1 is 1.24 bits per heavy atom. The van der Waals surface area contributed by atoms with Crippen molar-refractivity contribution in [1.82, 2.24) is 25.1 Å². The van der Waals surface area contributed by atoms with Crippen molar-refractivity contribution in [1.29, 1.82) is 0 Å². The molecule has 2 aromatic heterocycles. The highest BCUT2D eigenvalue weighted by molar-refractivity contribution is 5.43. The van der Waals surface area contributed by atoms with Gasteiger partial charge in [-0.15, -0.1) is 5.10 Å². The summed E-state index contributed by atoms with van der Waals surface area (Å²) >= 11 is 0. The molecule has 0 saturated heterocycles. The molecule has 8 nitrogen and oxygen atoms in total. The fourth-order valence-corrected chi connectivity index (χ4v) is 1.86. The Labute approximate surface area is 120 Å². The number of rotatable bonds is 5. The Morgan fingerprint density at radius 2 is 2.05 bits per heavy atom. The molecular weight excluding hydrogens is 272 g/mol. The van der Waals surface area contributed by atoms with E-state index in [0.29, 0.717) is 36.9 Å². The van der Waals surface area contributed by atoms with Crippen molar-refractivity contribution in [3.63, 3.8) is 0 Å². The number of phenols is 1. The number of aromatic hydroxyl groups is 1. The predicted molar refractivity (Wildman–Crippen MR) is 73.3 cm³/mol. The first-order valence-electron chi connectivity index (χ1n) is 6.45. The maximum atomic E-state index is 9.25. The second-order valence-electron chi connectivity index (χ2n) is 4.51. The second-order valence-corrected chi connectivity index (χ2v) is 4.51.